The van der Waals surface area contributed by atoms with Gasteiger partial charge in [0.05, 0.1) is 16.6 Å². The zero-order valence-electron chi connectivity index (χ0n) is 17.2. The fourth-order valence-corrected chi connectivity index (χ4v) is 5.53. The van der Waals surface area contributed by atoms with Crippen molar-refractivity contribution >= 4 is 70.8 Å². The summed E-state index contributed by atoms with van der Waals surface area (Å²) in [4.78, 5) is 0. The topological polar surface area (TPSA) is 17.6 Å². The second kappa shape index (κ2) is 5.68. The highest BCUT2D eigenvalue weighted by Crippen LogP contribution is 2.41. The lowest BCUT2D eigenvalue weighted by Gasteiger charge is -2.13. The number of fused-ring (bicyclic) bond motifs is 13. The minimum absolute atomic E-state index is 0.928. The van der Waals surface area contributed by atoms with Crippen molar-refractivity contribution in [1.29, 1.82) is 0 Å². The number of hydrogen-bond donors (Lipinski definition) is 0. The molecule has 0 bridgehead atoms. The Balaban J connectivity index is 1.76. The number of nitrogens with zero attached hydrogens (tertiary/aromatic N) is 1. The quantitative estimate of drug-likeness (QED) is 0.231. The van der Waals surface area contributed by atoms with E-state index in [-0.39, 0.29) is 0 Å². The van der Waals surface area contributed by atoms with E-state index in [1.54, 1.807) is 0 Å². The van der Waals surface area contributed by atoms with Gasteiger partial charge in [-0.15, -0.1) is 0 Å². The summed E-state index contributed by atoms with van der Waals surface area (Å²) in [6, 6.07) is 37.0. The third-order valence-electron chi connectivity index (χ3n) is 6.92. The highest BCUT2D eigenvalue weighted by molar-refractivity contribution is 6.27. The number of pyridine rings is 1. The molecule has 148 valence electrons. The SMILES string of the molecule is c1ccc2c(c1)ccc1c2c2cc3c(cc2n2c4ccccc4cc12)oc1ccccc13. The molecule has 0 radical (unpaired) electrons. The van der Waals surface area contributed by atoms with Gasteiger partial charge in [0.25, 0.3) is 0 Å². The van der Waals surface area contributed by atoms with E-state index in [1.807, 2.05) is 12.1 Å². The number of hydrogen-bond acceptors (Lipinski definition) is 1. The van der Waals surface area contributed by atoms with Gasteiger partial charge in [-0.2, -0.15) is 0 Å². The molecule has 8 aromatic rings. The molecule has 0 fully saturated rings. The van der Waals surface area contributed by atoms with Gasteiger partial charge in [-0.25, -0.2) is 0 Å². The molecule has 0 unspecified atom stereocenters. The molecule has 0 amide bonds. The molecule has 5 aromatic carbocycles. The third-order valence-corrected chi connectivity index (χ3v) is 6.92. The molecule has 8 rings (SSSR count). The molecule has 0 N–H and O–H groups in total. The van der Waals surface area contributed by atoms with Gasteiger partial charge in [-0.1, -0.05) is 72.8 Å². The van der Waals surface area contributed by atoms with Crippen LogP contribution in [0, 0.1) is 0 Å². The van der Waals surface area contributed by atoms with Crippen LogP contribution in [0.4, 0.5) is 0 Å². The minimum atomic E-state index is 0.928. The second-order valence-corrected chi connectivity index (χ2v) is 8.60. The van der Waals surface area contributed by atoms with Gasteiger partial charge >= 0.3 is 0 Å². The van der Waals surface area contributed by atoms with E-state index in [2.05, 4.69) is 95.4 Å². The van der Waals surface area contributed by atoms with Crippen molar-refractivity contribution in [2.75, 3.05) is 0 Å². The van der Waals surface area contributed by atoms with E-state index >= 15 is 0 Å². The Bertz CT molecular complexity index is 2040. The highest BCUT2D eigenvalue weighted by atomic mass is 16.3. The maximum atomic E-state index is 6.28. The lowest BCUT2D eigenvalue weighted by molar-refractivity contribution is 0.669. The number of rotatable bonds is 0. The number of para-hydroxylation sites is 2. The van der Waals surface area contributed by atoms with Gasteiger partial charge in [0.1, 0.15) is 11.2 Å². The van der Waals surface area contributed by atoms with Gasteiger partial charge in [-0.3, -0.25) is 0 Å². The van der Waals surface area contributed by atoms with Crippen molar-refractivity contribution < 1.29 is 4.42 Å². The number of benzene rings is 5. The summed E-state index contributed by atoms with van der Waals surface area (Å²) >= 11 is 0. The highest BCUT2D eigenvalue weighted by Gasteiger charge is 2.17. The van der Waals surface area contributed by atoms with Crippen LogP contribution in [0.2, 0.25) is 0 Å². The van der Waals surface area contributed by atoms with E-state index in [4.69, 9.17) is 4.42 Å². The first-order chi connectivity index (χ1) is 15.9. The molecule has 0 aliphatic carbocycles. The van der Waals surface area contributed by atoms with Gasteiger partial charge < -0.3 is 8.82 Å². The molecule has 32 heavy (non-hydrogen) atoms. The summed E-state index contributed by atoms with van der Waals surface area (Å²) in [7, 11) is 0. The van der Waals surface area contributed by atoms with E-state index in [0.29, 0.717) is 0 Å². The van der Waals surface area contributed by atoms with Gasteiger partial charge in [0, 0.05) is 38.4 Å². The summed E-state index contributed by atoms with van der Waals surface area (Å²) in [5, 5.41) is 9.96. The molecule has 2 nitrogen and oxygen atoms in total. The van der Waals surface area contributed by atoms with Crippen LogP contribution < -0.4 is 0 Å². The first kappa shape index (κ1) is 16.4. The van der Waals surface area contributed by atoms with Crippen molar-refractivity contribution in [3.05, 3.63) is 103 Å². The molecule has 0 atom stereocenters. The Kier molecular flexibility index (Phi) is 2.91. The Hall–Kier alpha value is -4.30. The van der Waals surface area contributed by atoms with Crippen LogP contribution in [0.25, 0.3) is 70.8 Å². The molecule has 0 spiro atoms. The van der Waals surface area contributed by atoms with E-state index in [9.17, 15) is 0 Å². The summed E-state index contributed by atoms with van der Waals surface area (Å²) in [5.41, 5.74) is 5.49. The lowest BCUT2D eigenvalue weighted by Crippen LogP contribution is -1.92. The van der Waals surface area contributed by atoms with Gasteiger partial charge in [0.15, 0.2) is 0 Å². The lowest BCUT2D eigenvalue weighted by atomic mass is 9.97. The Morgan fingerprint density at radius 2 is 1.19 bits per heavy atom. The Morgan fingerprint density at radius 1 is 0.438 bits per heavy atom. The predicted molar refractivity (Wildman–Crippen MR) is 135 cm³/mol. The molecule has 2 heteroatoms. The number of furan rings is 1. The van der Waals surface area contributed by atoms with Crippen LogP contribution in [-0.2, 0) is 0 Å². The maximum absolute atomic E-state index is 6.28. The first-order valence-corrected chi connectivity index (χ1v) is 11.0. The van der Waals surface area contributed by atoms with E-state index in [0.717, 1.165) is 21.9 Å². The third kappa shape index (κ3) is 1.95. The standard InChI is InChI=1S/C30H17NO/c1-3-9-20-18(7-1)13-14-22-26-15-19-8-2-5-11-25(19)31(26)27-17-29-23(16-24(27)30(20)22)21-10-4-6-12-28(21)32-29/h1-17H. The summed E-state index contributed by atoms with van der Waals surface area (Å²) in [6.07, 6.45) is 0. The Morgan fingerprint density at radius 3 is 2.12 bits per heavy atom. The first-order valence-electron chi connectivity index (χ1n) is 11.0. The second-order valence-electron chi connectivity index (χ2n) is 8.60. The van der Waals surface area contributed by atoms with Crippen LogP contribution >= 0.6 is 0 Å². The van der Waals surface area contributed by atoms with Crippen LogP contribution in [0.1, 0.15) is 0 Å². The van der Waals surface area contributed by atoms with Gasteiger partial charge in [-0.05, 0) is 35.0 Å². The van der Waals surface area contributed by atoms with Crippen LogP contribution in [0.3, 0.4) is 0 Å². The van der Waals surface area contributed by atoms with Crippen molar-refractivity contribution in [1.82, 2.24) is 4.40 Å². The monoisotopic (exact) mass is 407 g/mol. The van der Waals surface area contributed by atoms with E-state index in [1.165, 1.54) is 48.9 Å². The van der Waals surface area contributed by atoms with Crippen LogP contribution in [0.5, 0.6) is 0 Å². The van der Waals surface area contributed by atoms with Crippen molar-refractivity contribution in [2.45, 2.75) is 0 Å². The maximum Gasteiger partial charge on any atom is 0.137 e. The summed E-state index contributed by atoms with van der Waals surface area (Å²) < 4.78 is 8.68. The number of aromatic nitrogens is 1. The molecule has 0 aliphatic heterocycles. The smallest absolute Gasteiger partial charge is 0.137 e. The molecular formula is C30H17NO. The molecule has 0 saturated carbocycles. The molecule has 3 aromatic heterocycles. The summed E-state index contributed by atoms with van der Waals surface area (Å²) in [5.74, 6) is 0. The average Bonchev–Trinajstić information content (AvgIpc) is 3.41. The molecule has 3 heterocycles. The van der Waals surface area contributed by atoms with Crippen molar-refractivity contribution in [3.63, 3.8) is 0 Å². The zero-order valence-corrected chi connectivity index (χ0v) is 17.2. The van der Waals surface area contributed by atoms with Crippen molar-refractivity contribution in [3.8, 4) is 0 Å². The summed E-state index contributed by atoms with van der Waals surface area (Å²) in [6.45, 7) is 0. The largest absolute Gasteiger partial charge is 0.456 e. The fourth-order valence-electron chi connectivity index (χ4n) is 5.53. The minimum Gasteiger partial charge on any atom is -0.456 e. The normalized spacial score (nSPS) is 12.4. The van der Waals surface area contributed by atoms with Crippen LogP contribution in [-0.4, -0.2) is 4.40 Å². The van der Waals surface area contributed by atoms with Crippen molar-refractivity contribution in [2.24, 2.45) is 0 Å². The van der Waals surface area contributed by atoms with Gasteiger partial charge in [0.2, 0.25) is 0 Å². The fraction of sp³-hybridized carbons (Fsp3) is 0. The predicted octanol–water partition coefficient (Wildman–Crippen LogP) is 8.45. The Labute approximate surface area is 182 Å². The molecule has 0 aliphatic rings. The van der Waals surface area contributed by atoms with Crippen LogP contribution in [0.15, 0.2) is 108 Å². The molecular weight excluding hydrogens is 390 g/mol. The zero-order chi connectivity index (χ0) is 20.8. The molecule has 0 saturated heterocycles. The average molecular weight is 407 g/mol. The van der Waals surface area contributed by atoms with E-state index < -0.39 is 0 Å².